The predicted molar refractivity (Wildman–Crippen MR) is 120 cm³/mol. The van der Waals surface area contributed by atoms with Crippen molar-refractivity contribution in [2.75, 3.05) is 10.6 Å². The van der Waals surface area contributed by atoms with E-state index in [1.807, 2.05) is 12.1 Å². The minimum Gasteiger partial charge on any atom is -0.340 e. The summed E-state index contributed by atoms with van der Waals surface area (Å²) in [6, 6.07) is 14.8. The van der Waals surface area contributed by atoms with Gasteiger partial charge < -0.3 is 10.6 Å². The highest BCUT2D eigenvalue weighted by Crippen LogP contribution is 2.36. The van der Waals surface area contributed by atoms with Gasteiger partial charge in [0.25, 0.3) is 0 Å². The number of aromatic nitrogens is 2. The summed E-state index contributed by atoms with van der Waals surface area (Å²) in [7, 11) is 0. The average Bonchev–Trinajstić information content (AvgIpc) is 2.76. The number of alkyl halides is 3. The van der Waals surface area contributed by atoms with Gasteiger partial charge in [0.1, 0.15) is 11.4 Å². The van der Waals surface area contributed by atoms with Gasteiger partial charge in [-0.3, -0.25) is 0 Å². The Morgan fingerprint density at radius 1 is 0.839 bits per heavy atom. The van der Waals surface area contributed by atoms with E-state index in [0.717, 1.165) is 16.4 Å². The molecule has 8 heteroatoms. The summed E-state index contributed by atoms with van der Waals surface area (Å²) in [5.41, 5.74) is 1.61. The summed E-state index contributed by atoms with van der Waals surface area (Å²) in [6.07, 6.45) is 2.47. The molecule has 2 aromatic carbocycles. The third kappa shape index (κ3) is 5.55. The third-order valence-electron chi connectivity index (χ3n) is 5.44. The quantitative estimate of drug-likeness (QED) is 0.383. The van der Waals surface area contributed by atoms with E-state index in [9.17, 15) is 13.2 Å². The van der Waals surface area contributed by atoms with Crippen molar-refractivity contribution in [2.45, 2.75) is 44.2 Å². The van der Waals surface area contributed by atoms with Crippen molar-refractivity contribution >= 4 is 39.1 Å². The maximum atomic E-state index is 13.4. The zero-order chi connectivity index (χ0) is 21.8. The van der Waals surface area contributed by atoms with Crippen molar-refractivity contribution in [1.29, 1.82) is 0 Å². The first kappa shape index (κ1) is 21.6. The number of benzene rings is 2. The number of nitrogens with one attached hydrogen (secondary N) is 2. The standard InChI is InChI=1S/C23H22BrF3N4/c24-17-8-12-18(13-9-17)29-21-20(23(25,26)27)14-28-22(31-21)30-19-10-6-16(7-11-19)15-4-2-1-3-5-15/h6-15H,1-5H2,(H2,28,29,30,31). The number of halogens is 4. The van der Waals surface area contributed by atoms with E-state index in [2.05, 4.69) is 48.7 Å². The number of anilines is 4. The zero-order valence-corrected chi connectivity index (χ0v) is 18.3. The van der Waals surface area contributed by atoms with Gasteiger partial charge in [-0.2, -0.15) is 18.2 Å². The first-order valence-electron chi connectivity index (χ1n) is 10.2. The molecule has 1 fully saturated rings. The first-order valence-corrected chi connectivity index (χ1v) is 11.0. The Bertz CT molecular complexity index is 1010. The van der Waals surface area contributed by atoms with Crippen LogP contribution in [0.5, 0.6) is 0 Å². The molecule has 2 N–H and O–H groups in total. The number of nitrogens with zero attached hydrogens (tertiary/aromatic N) is 2. The zero-order valence-electron chi connectivity index (χ0n) is 16.7. The highest BCUT2D eigenvalue weighted by Gasteiger charge is 2.35. The molecule has 0 bridgehead atoms. The van der Waals surface area contributed by atoms with Gasteiger partial charge in [-0.05, 0) is 60.7 Å². The van der Waals surface area contributed by atoms with Crippen molar-refractivity contribution in [3.8, 4) is 0 Å². The summed E-state index contributed by atoms with van der Waals surface area (Å²) < 4.78 is 41.2. The minimum atomic E-state index is -4.57. The topological polar surface area (TPSA) is 49.8 Å². The van der Waals surface area contributed by atoms with Crippen molar-refractivity contribution in [2.24, 2.45) is 0 Å². The molecule has 0 spiro atoms. The third-order valence-corrected chi connectivity index (χ3v) is 5.97. The van der Waals surface area contributed by atoms with E-state index < -0.39 is 11.7 Å². The molecule has 0 saturated heterocycles. The molecular weight excluding hydrogens is 469 g/mol. The van der Waals surface area contributed by atoms with Gasteiger partial charge in [-0.1, -0.05) is 47.3 Å². The lowest BCUT2D eigenvalue weighted by molar-refractivity contribution is -0.137. The minimum absolute atomic E-state index is 0.0954. The second kappa shape index (κ2) is 9.26. The monoisotopic (exact) mass is 490 g/mol. The van der Waals surface area contributed by atoms with Crippen LogP contribution in [-0.2, 0) is 6.18 Å². The van der Waals surface area contributed by atoms with Crippen molar-refractivity contribution in [3.63, 3.8) is 0 Å². The van der Waals surface area contributed by atoms with Crippen molar-refractivity contribution in [3.05, 3.63) is 70.3 Å². The molecule has 1 aromatic heterocycles. The van der Waals surface area contributed by atoms with Crippen LogP contribution < -0.4 is 10.6 Å². The van der Waals surface area contributed by atoms with Crippen LogP contribution in [0.1, 0.15) is 49.1 Å². The lowest BCUT2D eigenvalue weighted by Crippen LogP contribution is -2.12. The molecule has 31 heavy (non-hydrogen) atoms. The predicted octanol–water partition coefficient (Wildman–Crippen LogP) is 7.79. The summed E-state index contributed by atoms with van der Waals surface area (Å²) in [4.78, 5) is 7.98. The lowest BCUT2D eigenvalue weighted by Gasteiger charge is -2.22. The van der Waals surface area contributed by atoms with E-state index in [-0.39, 0.29) is 11.8 Å². The fourth-order valence-corrected chi connectivity index (χ4v) is 4.08. The Morgan fingerprint density at radius 3 is 2.10 bits per heavy atom. The van der Waals surface area contributed by atoms with E-state index in [1.54, 1.807) is 24.3 Å². The number of rotatable bonds is 5. The fraction of sp³-hybridized carbons (Fsp3) is 0.304. The van der Waals surface area contributed by atoms with E-state index in [4.69, 9.17) is 0 Å². The SMILES string of the molecule is FC(F)(F)c1cnc(Nc2ccc(C3CCCCC3)cc2)nc1Nc1ccc(Br)cc1. The second-order valence-corrected chi connectivity index (χ2v) is 8.58. The highest BCUT2D eigenvalue weighted by molar-refractivity contribution is 9.10. The smallest absolute Gasteiger partial charge is 0.340 e. The maximum absolute atomic E-state index is 13.4. The molecule has 0 radical (unpaired) electrons. The normalized spacial score (nSPS) is 15.0. The van der Waals surface area contributed by atoms with Gasteiger partial charge in [-0.15, -0.1) is 0 Å². The second-order valence-electron chi connectivity index (χ2n) is 7.67. The molecule has 1 aliphatic carbocycles. The first-order chi connectivity index (χ1) is 14.9. The van der Waals surface area contributed by atoms with Crippen LogP contribution in [0.15, 0.2) is 59.2 Å². The van der Waals surface area contributed by atoms with Crippen LogP contribution in [0.3, 0.4) is 0 Å². The van der Waals surface area contributed by atoms with Gasteiger partial charge in [-0.25, -0.2) is 4.98 Å². The van der Waals surface area contributed by atoms with Crippen molar-refractivity contribution in [1.82, 2.24) is 9.97 Å². The fourth-order valence-electron chi connectivity index (χ4n) is 3.82. The molecule has 0 unspecified atom stereocenters. The molecule has 0 atom stereocenters. The van der Waals surface area contributed by atoms with Crippen LogP contribution in [0.4, 0.5) is 36.3 Å². The molecule has 0 amide bonds. The van der Waals surface area contributed by atoms with E-state index in [0.29, 0.717) is 11.6 Å². The molecule has 1 aliphatic rings. The largest absolute Gasteiger partial charge is 0.421 e. The van der Waals surface area contributed by atoms with E-state index >= 15 is 0 Å². The Balaban J connectivity index is 1.54. The summed E-state index contributed by atoms with van der Waals surface area (Å²) in [5, 5.41) is 5.76. The van der Waals surface area contributed by atoms with Gasteiger partial charge in [0.05, 0.1) is 0 Å². The Morgan fingerprint density at radius 2 is 1.45 bits per heavy atom. The van der Waals surface area contributed by atoms with Gasteiger partial charge in [0.2, 0.25) is 5.95 Å². The van der Waals surface area contributed by atoms with Crippen LogP contribution in [0.25, 0.3) is 0 Å². The Kier molecular flexibility index (Phi) is 6.46. The molecule has 162 valence electrons. The molecule has 4 nitrogen and oxygen atoms in total. The molecule has 1 heterocycles. The summed E-state index contributed by atoms with van der Waals surface area (Å²) >= 11 is 3.31. The molecular formula is C23H22BrF3N4. The van der Waals surface area contributed by atoms with Gasteiger partial charge >= 0.3 is 6.18 Å². The van der Waals surface area contributed by atoms with Crippen LogP contribution in [0, 0.1) is 0 Å². The van der Waals surface area contributed by atoms with Gasteiger partial charge in [0, 0.05) is 22.0 Å². The molecule has 1 saturated carbocycles. The van der Waals surface area contributed by atoms with Crippen LogP contribution in [0.2, 0.25) is 0 Å². The number of hydrogen-bond donors (Lipinski definition) is 2. The van der Waals surface area contributed by atoms with Crippen LogP contribution >= 0.6 is 15.9 Å². The number of hydrogen-bond acceptors (Lipinski definition) is 4. The Labute approximate surface area is 187 Å². The highest BCUT2D eigenvalue weighted by atomic mass is 79.9. The molecule has 4 rings (SSSR count). The van der Waals surface area contributed by atoms with Crippen LogP contribution in [-0.4, -0.2) is 9.97 Å². The van der Waals surface area contributed by atoms with Crippen molar-refractivity contribution < 1.29 is 13.2 Å². The maximum Gasteiger partial charge on any atom is 0.421 e. The Hall–Kier alpha value is -2.61. The van der Waals surface area contributed by atoms with E-state index in [1.165, 1.54) is 37.7 Å². The summed E-state index contributed by atoms with van der Waals surface area (Å²) in [6.45, 7) is 0. The molecule has 0 aliphatic heterocycles. The van der Waals surface area contributed by atoms with Gasteiger partial charge in [0.15, 0.2) is 0 Å². The summed E-state index contributed by atoms with van der Waals surface area (Å²) in [5.74, 6) is 0.385. The molecule has 3 aromatic rings. The average molecular weight is 491 g/mol. The lowest BCUT2D eigenvalue weighted by atomic mass is 9.84.